The summed E-state index contributed by atoms with van der Waals surface area (Å²) in [7, 11) is 0. The highest BCUT2D eigenvalue weighted by molar-refractivity contribution is 7.98. The maximum Gasteiger partial charge on any atom is 0.162 e. The van der Waals surface area contributed by atoms with Crippen LogP contribution in [0.4, 0.5) is 0 Å². The Morgan fingerprint density at radius 1 is 1.27 bits per heavy atom. The van der Waals surface area contributed by atoms with Crippen LogP contribution in [-0.4, -0.2) is 50.3 Å². The monoisotopic (exact) mass is 346 g/mol. The lowest BCUT2D eigenvalue weighted by molar-refractivity contribution is 0.146. The molecular formula is C15H23ClN2O3S. The predicted octanol–water partition coefficient (Wildman–Crippen LogP) is 1.27. The fourth-order valence-corrected chi connectivity index (χ4v) is 3.38. The molecule has 2 heterocycles. The maximum absolute atomic E-state index is 9.80. The number of benzene rings is 1. The van der Waals surface area contributed by atoms with Crippen molar-refractivity contribution in [1.82, 2.24) is 10.6 Å². The average molecular weight is 347 g/mol. The summed E-state index contributed by atoms with van der Waals surface area (Å²) >= 11 is 1.71. The Hall–Kier alpha value is -0.660. The number of nitrogens with one attached hydrogen (secondary N) is 2. The van der Waals surface area contributed by atoms with Gasteiger partial charge >= 0.3 is 0 Å². The fraction of sp³-hybridized carbons (Fsp3) is 0.600. The van der Waals surface area contributed by atoms with E-state index in [1.54, 1.807) is 11.8 Å². The normalized spacial score (nSPS) is 23.2. The molecule has 7 heteroatoms. The zero-order valence-corrected chi connectivity index (χ0v) is 14.3. The van der Waals surface area contributed by atoms with Crippen molar-refractivity contribution in [3.8, 4) is 11.5 Å². The van der Waals surface area contributed by atoms with E-state index in [9.17, 15) is 5.11 Å². The van der Waals surface area contributed by atoms with Crippen LogP contribution in [0.25, 0.3) is 0 Å². The molecule has 2 atom stereocenters. The van der Waals surface area contributed by atoms with Gasteiger partial charge in [0.25, 0.3) is 0 Å². The summed E-state index contributed by atoms with van der Waals surface area (Å²) in [6, 6.07) is 4.12. The minimum atomic E-state index is -0.238. The largest absolute Gasteiger partial charge is 0.486 e. The summed E-state index contributed by atoms with van der Waals surface area (Å²) < 4.78 is 11.3. The number of aliphatic hydroxyl groups excluding tert-OH is 1. The van der Waals surface area contributed by atoms with E-state index in [0.717, 1.165) is 31.1 Å². The highest BCUT2D eigenvalue weighted by Crippen LogP contribution is 2.36. The van der Waals surface area contributed by atoms with Crippen LogP contribution in [0.3, 0.4) is 0 Å². The molecule has 0 bridgehead atoms. The van der Waals surface area contributed by atoms with Gasteiger partial charge in [-0.05, 0) is 24.0 Å². The first-order chi connectivity index (χ1) is 10.3. The second-order valence-corrected chi connectivity index (χ2v) is 6.27. The molecule has 5 nitrogen and oxygen atoms in total. The van der Waals surface area contributed by atoms with Gasteiger partial charge in [0.05, 0.1) is 6.10 Å². The van der Waals surface area contributed by atoms with Crippen molar-refractivity contribution in [2.24, 2.45) is 5.92 Å². The molecule has 0 aliphatic carbocycles. The molecule has 3 rings (SSSR count). The van der Waals surface area contributed by atoms with Crippen molar-refractivity contribution in [2.45, 2.75) is 17.5 Å². The lowest BCUT2D eigenvalue weighted by Crippen LogP contribution is -2.30. The number of rotatable bonds is 5. The van der Waals surface area contributed by atoms with Gasteiger partial charge in [-0.2, -0.15) is 0 Å². The van der Waals surface area contributed by atoms with E-state index in [-0.39, 0.29) is 18.5 Å². The van der Waals surface area contributed by atoms with Gasteiger partial charge in [0, 0.05) is 37.0 Å². The average Bonchev–Trinajstić information content (AvgIpc) is 2.92. The molecule has 1 fully saturated rings. The zero-order valence-electron chi connectivity index (χ0n) is 12.6. The molecule has 0 spiro atoms. The second kappa shape index (κ2) is 8.26. The Morgan fingerprint density at radius 2 is 2.00 bits per heavy atom. The van der Waals surface area contributed by atoms with Gasteiger partial charge in [-0.25, -0.2) is 0 Å². The lowest BCUT2D eigenvalue weighted by atomic mass is 10.1. The van der Waals surface area contributed by atoms with Crippen molar-refractivity contribution in [3.05, 3.63) is 17.7 Å². The molecule has 0 aromatic heterocycles. The van der Waals surface area contributed by atoms with E-state index in [1.807, 2.05) is 0 Å². The van der Waals surface area contributed by atoms with Gasteiger partial charge in [-0.15, -0.1) is 24.2 Å². The molecule has 3 N–H and O–H groups in total. The molecule has 1 aromatic carbocycles. The minimum absolute atomic E-state index is 0. The molecule has 2 aliphatic rings. The van der Waals surface area contributed by atoms with Gasteiger partial charge in [-0.1, -0.05) is 0 Å². The Labute approximate surface area is 141 Å². The van der Waals surface area contributed by atoms with Gasteiger partial charge in [0.2, 0.25) is 0 Å². The molecule has 124 valence electrons. The Kier molecular flexibility index (Phi) is 6.65. The van der Waals surface area contributed by atoms with E-state index >= 15 is 0 Å². The molecule has 1 saturated heterocycles. The molecule has 0 radical (unpaired) electrons. The first-order valence-corrected chi connectivity index (χ1v) is 8.56. The van der Waals surface area contributed by atoms with E-state index in [1.165, 1.54) is 10.5 Å². The van der Waals surface area contributed by atoms with Crippen LogP contribution in [0.1, 0.15) is 5.56 Å². The van der Waals surface area contributed by atoms with Crippen LogP contribution in [0.15, 0.2) is 17.0 Å². The molecule has 2 aliphatic heterocycles. The third-order valence-electron chi connectivity index (χ3n) is 3.97. The number of hydrogen-bond donors (Lipinski definition) is 3. The van der Waals surface area contributed by atoms with Crippen LogP contribution in [0.5, 0.6) is 11.5 Å². The molecule has 1 aromatic rings. The number of thioether (sulfide) groups is 1. The molecule has 0 saturated carbocycles. The van der Waals surface area contributed by atoms with Gasteiger partial charge in [-0.3, -0.25) is 0 Å². The first kappa shape index (κ1) is 17.7. The first-order valence-electron chi connectivity index (χ1n) is 7.34. The van der Waals surface area contributed by atoms with E-state index < -0.39 is 0 Å². The third-order valence-corrected chi connectivity index (χ3v) is 4.79. The number of ether oxygens (including phenoxy) is 2. The SMILES string of the molecule is CSc1cc2c(cc1CNCC1CNCC1O)OCCO2.Cl. The van der Waals surface area contributed by atoms with Crippen LogP contribution in [0.2, 0.25) is 0 Å². The number of aliphatic hydroxyl groups is 1. The predicted molar refractivity (Wildman–Crippen MR) is 90.5 cm³/mol. The van der Waals surface area contributed by atoms with Crippen LogP contribution >= 0.6 is 24.2 Å². The number of hydrogen-bond acceptors (Lipinski definition) is 6. The summed E-state index contributed by atoms with van der Waals surface area (Å²) in [5.41, 5.74) is 1.21. The molecule has 22 heavy (non-hydrogen) atoms. The minimum Gasteiger partial charge on any atom is -0.486 e. The highest BCUT2D eigenvalue weighted by atomic mass is 35.5. The Bertz CT molecular complexity index is 504. The summed E-state index contributed by atoms with van der Waals surface area (Å²) in [6.45, 7) is 4.40. The third kappa shape index (κ3) is 4.00. The summed E-state index contributed by atoms with van der Waals surface area (Å²) in [5, 5.41) is 16.5. The van der Waals surface area contributed by atoms with Gasteiger partial charge < -0.3 is 25.2 Å². The molecule has 0 amide bonds. The number of halogens is 1. The maximum atomic E-state index is 9.80. The summed E-state index contributed by atoms with van der Waals surface area (Å²) in [4.78, 5) is 1.21. The number of fused-ring (bicyclic) bond motifs is 1. The second-order valence-electron chi connectivity index (χ2n) is 5.42. The fourth-order valence-electron chi connectivity index (χ4n) is 2.76. The van der Waals surface area contributed by atoms with E-state index in [2.05, 4.69) is 29.0 Å². The van der Waals surface area contributed by atoms with E-state index in [4.69, 9.17) is 9.47 Å². The smallest absolute Gasteiger partial charge is 0.162 e. The zero-order chi connectivity index (χ0) is 14.7. The van der Waals surface area contributed by atoms with Crippen molar-refractivity contribution in [1.29, 1.82) is 0 Å². The van der Waals surface area contributed by atoms with Gasteiger partial charge in [0.15, 0.2) is 11.5 Å². The quantitative estimate of drug-likeness (QED) is 0.698. The Balaban J connectivity index is 0.00000176. The van der Waals surface area contributed by atoms with Crippen molar-refractivity contribution in [2.75, 3.05) is 39.1 Å². The van der Waals surface area contributed by atoms with Crippen LogP contribution in [-0.2, 0) is 6.54 Å². The van der Waals surface area contributed by atoms with Crippen molar-refractivity contribution >= 4 is 24.2 Å². The standard InChI is InChI=1S/C15H22N2O3S.ClH/c1-21-15-5-14-13(19-2-3-20-14)4-10(15)6-16-7-11-8-17-9-12(11)18;/h4-5,11-12,16-18H,2-3,6-9H2,1H3;1H. The van der Waals surface area contributed by atoms with E-state index in [0.29, 0.717) is 25.7 Å². The molecule has 2 unspecified atom stereocenters. The molecular weight excluding hydrogens is 324 g/mol. The van der Waals surface area contributed by atoms with Gasteiger partial charge in [0.1, 0.15) is 13.2 Å². The Morgan fingerprint density at radius 3 is 2.64 bits per heavy atom. The highest BCUT2D eigenvalue weighted by Gasteiger charge is 2.24. The topological polar surface area (TPSA) is 62.8 Å². The van der Waals surface area contributed by atoms with Crippen molar-refractivity contribution < 1.29 is 14.6 Å². The summed E-state index contributed by atoms with van der Waals surface area (Å²) in [6.07, 6.45) is 1.83. The lowest BCUT2D eigenvalue weighted by Gasteiger charge is -2.21. The van der Waals surface area contributed by atoms with Crippen molar-refractivity contribution in [3.63, 3.8) is 0 Å². The van der Waals surface area contributed by atoms with Crippen LogP contribution in [0, 0.1) is 5.92 Å². The van der Waals surface area contributed by atoms with Crippen LogP contribution < -0.4 is 20.1 Å². The summed E-state index contributed by atoms with van der Waals surface area (Å²) in [5.74, 6) is 1.96. The number of β-amino-alcohol motifs (C(OH)–C–C–N with tert-alkyl or cyclic N) is 1.